The van der Waals surface area contributed by atoms with Crippen molar-refractivity contribution in [2.24, 2.45) is 5.92 Å². The lowest BCUT2D eigenvalue weighted by molar-refractivity contribution is 0.284. The first-order chi connectivity index (χ1) is 5.33. The molecule has 2 heteroatoms. The lowest BCUT2D eigenvalue weighted by Crippen LogP contribution is -2.42. The molecule has 1 N–H and O–H groups in total. The van der Waals surface area contributed by atoms with Crippen LogP contribution in [0.1, 0.15) is 19.8 Å². The monoisotopic (exact) mass is 156 g/mol. The highest BCUT2D eigenvalue weighted by Crippen LogP contribution is 2.10. The highest BCUT2D eigenvalue weighted by atomic mass is 15.1. The molecule has 0 aromatic rings. The summed E-state index contributed by atoms with van der Waals surface area (Å²) in [5, 5.41) is 3.30. The van der Waals surface area contributed by atoms with Crippen molar-refractivity contribution < 1.29 is 0 Å². The number of hydrogen-bond acceptors (Lipinski definition) is 2. The zero-order chi connectivity index (χ0) is 8.10. The van der Waals surface area contributed by atoms with Crippen LogP contribution in [0.5, 0.6) is 0 Å². The Hall–Kier alpha value is -0.0800. The highest BCUT2D eigenvalue weighted by molar-refractivity contribution is 4.74. The Labute approximate surface area is 70.0 Å². The molecule has 1 aliphatic rings. The standard InChI is InChI=1S/C9H20N2/c1-3-11(2)6-4-5-9-7-10-8-9/h9-10H,3-8H2,1-2H3. The van der Waals surface area contributed by atoms with E-state index in [1.54, 1.807) is 0 Å². The minimum Gasteiger partial charge on any atom is -0.316 e. The second-order valence-electron chi connectivity index (χ2n) is 3.56. The second kappa shape index (κ2) is 4.73. The van der Waals surface area contributed by atoms with E-state index in [1.807, 2.05) is 0 Å². The number of nitrogens with zero attached hydrogens (tertiary/aromatic N) is 1. The molecule has 0 amide bonds. The molecule has 1 aliphatic heterocycles. The van der Waals surface area contributed by atoms with Gasteiger partial charge in [-0.3, -0.25) is 0 Å². The van der Waals surface area contributed by atoms with Crippen molar-refractivity contribution in [3.63, 3.8) is 0 Å². The lowest BCUT2D eigenvalue weighted by Gasteiger charge is -2.27. The summed E-state index contributed by atoms with van der Waals surface area (Å²) in [5.41, 5.74) is 0. The maximum absolute atomic E-state index is 3.30. The molecule has 0 aromatic carbocycles. The summed E-state index contributed by atoms with van der Waals surface area (Å²) in [4.78, 5) is 2.38. The van der Waals surface area contributed by atoms with Crippen LogP contribution in [-0.4, -0.2) is 38.1 Å². The lowest BCUT2D eigenvalue weighted by atomic mass is 9.97. The summed E-state index contributed by atoms with van der Waals surface area (Å²) < 4.78 is 0. The maximum atomic E-state index is 3.30. The van der Waals surface area contributed by atoms with E-state index in [2.05, 4.69) is 24.2 Å². The van der Waals surface area contributed by atoms with Crippen LogP contribution in [0.4, 0.5) is 0 Å². The average molecular weight is 156 g/mol. The van der Waals surface area contributed by atoms with Crippen molar-refractivity contribution in [2.75, 3.05) is 33.2 Å². The van der Waals surface area contributed by atoms with Crippen LogP contribution < -0.4 is 5.32 Å². The average Bonchev–Trinajstić information content (AvgIpc) is 1.94. The van der Waals surface area contributed by atoms with Crippen LogP contribution in [0.25, 0.3) is 0 Å². The Morgan fingerprint density at radius 2 is 2.18 bits per heavy atom. The fourth-order valence-corrected chi connectivity index (χ4v) is 1.36. The summed E-state index contributed by atoms with van der Waals surface area (Å²) in [6, 6.07) is 0. The van der Waals surface area contributed by atoms with Crippen LogP contribution in [-0.2, 0) is 0 Å². The molecule has 1 fully saturated rings. The fourth-order valence-electron chi connectivity index (χ4n) is 1.36. The van der Waals surface area contributed by atoms with E-state index in [9.17, 15) is 0 Å². The van der Waals surface area contributed by atoms with Crippen LogP contribution in [0, 0.1) is 5.92 Å². The SMILES string of the molecule is CCN(C)CCCC1CNC1. The first-order valence-electron chi connectivity index (χ1n) is 4.72. The quantitative estimate of drug-likeness (QED) is 0.637. The van der Waals surface area contributed by atoms with Gasteiger partial charge in [-0.1, -0.05) is 6.92 Å². The van der Waals surface area contributed by atoms with Gasteiger partial charge in [0.05, 0.1) is 0 Å². The Balaban J connectivity index is 1.86. The van der Waals surface area contributed by atoms with Gasteiger partial charge < -0.3 is 10.2 Å². The molecule has 0 spiro atoms. The third-order valence-corrected chi connectivity index (χ3v) is 2.56. The zero-order valence-electron chi connectivity index (χ0n) is 7.77. The van der Waals surface area contributed by atoms with Gasteiger partial charge in [0.15, 0.2) is 0 Å². The van der Waals surface area contributed by atoms with Gasteiger partial charge in [0.25, 0.3) is 0 Å². The van der Waals surface area contributed by atoms with E-state index in [1.165, 1.54) is 39.0 Å². The van der Waals surface area contributed by atoms with E-state index in [4.69, 9.17) is 0 Å². The number of hydrogen-bond donors (Lipinski definition) is 1. The molecule has 0 aliphatic carbocycles. The third kappa shape index (κ3) is 3.21. The van der Waals surface area contributed by atoms with Crippen molar-refractivity contribution >= 4 is 0 Å². The minimum atomic E-state index is 0.986. The molecule has 0 bridgehead atoms. The Morgan fingerprint density at radius 1 is 1.45 bits per heavy atom. The summed E-state index contributed by atoms with van der Waals surface area (Å²) >= 11 is 0. The molecule has 0 unspecified atom stereocenters. The van der Waals surface area contributed by atoms with E-state index in [0.29, 0.717) is 0 Å². The third-order valence-electron chi connectivity index (χ3n) is 2.56. The van der Waals surface area contributed by atoms with Crippen molar-refractivity contribution in [1.29, 1.82) is 0 Å². The fraction of sp³-hybridized carbons (Fsp3) is 1.00. The molecule has 1 rings (SSSR count). The van der Waals surface area contributed by atoms with Gasteiger partial charge >= 0.3 is 0 Å². The summed E-state index contributed by atoms with van der Waals surface area (Å²) in [6.45, 7) is 7.19. The van der Waals surface area contributed by atoms with Gasteiger partial charge in [0.1, 0.15) is 0 Å². The van der Waals surface area contributed by atoms with Crippen molar-refractivity contribution in [1.82, 2.24) is 10.2 Å². The largest absolute Gasteiger partial charge is 0.316 e. The number of rotatable bonds is 5. The van der Waals surface area contributed by atoms with Crippen LogP contribution in [0.15, 0.2) is 0 Å². The first kappa shape index (κ1) is 9.01. The topological polar surface area (TPSA) is 15.3 Å². The molecule has 0 radical (unpaired) electrons. The maximum Gasteiger partial charge on any atom is -0.000825 e. The van der Waals surface area contributed by atoms with Crippen LogP contribution in [0.3, 0.4) is 0 Å². The Kier molecular flexibility index (Phi) is 3.87. The molecule has 11 heavy (non-hydrogen) atoms. The van der Waals surface area contributed by atoms with Gasteiger partial charge in [0.2, 0.25) is 0 Å². The summed E-state index contributed by atoms with van der Waals surface area (Å²) in [5.74, 6) is 0.986. The number of nitrogens with one attached hydrogen (secondary N) is 1. The molecule has 0 atom stereocenters. The van der Waals surface area contributed by atoms with E-state index in [0.717, 1.165) is 5.92 Å². The van der Waals surface area contributed by atoms with E-state index < -0.39 is 0 Å². The molecule has 1 heterocycles. The zero-order valence-corrected chi connectivity index (χ0v) is 7.77. The van der Waals surface area contributed by atoms with Gasteiger partial charge in [-0.05, 0) is 52.0 Å². The van der Waals surface area contributed by atoms with E-state index >= 15 is 0 Å². The summed E-state index contributed by atoms with van der Waals surface area (Å²) in [7, 11) is 2.19. The molecule has 1 saturated heterocycles. The van der Waals surface area contributed by atoms with Crippen molar-refractivity contribution in [3.8, 4) is 0 Å². The van der Waals surface area contributed by atoms with Gasteiger partial charge in [-0.15, -0.1) is 0 Å². The van der Waals surface area contributed by atoms with Crippen molar-refractivity contribution in [3.05, 3.63) is 0 Å². The van der Waals surface area contributed by atoms with Crippen LogP contribution in [0.2, 0.25) is 0 Å². The summed E-state index contributed by atoms with van der Waals surface area (Å²) in [6.07, 6.45) is 2.79. The van der Waals surface area contributed by atoms with Gasteiger partial charge in [-0.2, -0.15) is 0 Å². The minimum absolute atomic E-state index is 0.986. The van der Waals surface area contributed by atoms with E-state index in [-0.39, 0.29) is 0 Å². The smallest absolute Gasteiger partial charge is 0.000825 e. The molecule has 66 valence electrons. The van der Waals surface area contributed by atoms with Crippen molar-refractivity contribution in [2.45, 2.75) is 19.8 Å². The van der Waals surface area contributed by atoms with Gasteiger partial charge in [0, 0.05) is 0 Å². The second-order valence-corrected chi connectivity index (χ2v) is 3.56. The molecule has 0 aromatic heterocycles. The molecular formula is C9H20N2. The Bertz CT molecular complexity index is 95.0. The highest BCUT2D eigenvalue weighted by Gasteiger charge is 2.15. The predicted molar refractivity (Wildman–Crippen MR) is 48.8 cm³/mol. The molecule has 0 saturated carbocycles. The Morgan fingerprint density at radius 3 is 2.64 bits per heavy atom. The van der Waals surface area contributed by atoms with Gasteiger partial charge in [-0.25, -0.2) is 0 Å². The first-order valence-corrected chi connectivity index (χ1v) is 4.72. The normalized spacial score (nSPS) is 18.8. The predicted octanol–water partition coefficient (Wildman–Crippen LogP) is 0.938. The molecular weight excluding hydrogens is 136 g/mol. The molecule has 2 nitrogen and oxygen atoms in total. The van der Waals surface area contributed by atoms with Crippen LogP contribution >= 0.6 is 0 Å².